The minimum absolute atomic E-state index is 0.235. The van der Waals surface area contributed by atoms with Gasteiger partial charge in [0, 0.05) is 26.5 Å². The molecule has 0 aliphatic rings. The van der Waals surface area contributed by atoms with E-state index in [0.29, 0.717) is 17.5 Å². The average Bonchev–Trinajstić information content (AvgIpc) is 2.78. The molecule has 7 nitrogen and oxygen atoms in total. The van der Waals surface area contributed by atoms with E-state index in [-0.39, 0.29) is 5.95 Å². The molecule has 2 aromatic rings. The van der Waals surface area contributed by atoms with Gasteiger partial charge in [0.15, 0.2) is 5.16 Å². The van der Waals surface area contributed by atoms with Gasteiger partial charge in [-0.05, 0) is 0 Å². The van der Waals surface area contributed by atoms with Crippen molar-refractivity contribution >= 4 is 23.7 Å². The molecular formula is C9H13N7S. The highest BCUT2D eigenvalue weighted by atomic mass is 32.2. The molecule has 0 bridgehead atoms. The standard InChI is InChI=1S/C9H13N7S/c1-16(2)8-14-6(13-7(10)15-8)5-17-9-11-3-4-12-9/h3-4H,5H2,1-2H3,(H,11,12)(H2,10,13,14,15). The maximum Gasteiger partial charge on any atom is 0.229 e. The van der Waals surface area contributed by atoms with E-state index in [9.17, 15) is 0 Å². The van der Waals surface area contributed by atoms with Gasteiger partial charge in [0.2, 0.25) is 11.9 Å². The number of imidazole rings is 1. The van der Waals surface area contributed by atoms with Crippen molar-refractivity contribution in [1.82, 2.24) is 24.9 Å². The van der Waals surface area contributed by atoms with Gasteiger partial charge in [-0.25, -0.2) is 4.98 Å². The lowest BCUT2D eigenvalue weighted by Gasteiger charge is -2.10. The van der Waals surface area contributed by atoms with Gasteiger partial charge in [-0.3, -0.25) is 0 Å². The molecule has 0 fully saturated rings. The summed E-state index contributed by atoms with van der Waals surface area (Å²) in [6.45, 7) is 0. The fourth-order valence-corrected chi connectivity index (χ4v) is 1.83. The minimum Gasteiger partial charge on any atom is -0.368 e. The second kappa shape index (κ2) is 5.00. The van der Waals surface area contributed by atoms with Gasteiger partial charge < -0.3 is 15.6 Å². The summed E-state index contributed by atoms with van der Waals surface area (Å²) in [5, 5.41) is 0.829. The molecule has 0 atom stereocenters. The van der Waals surface area contributed by atoms with Gasteiger partial charge in [0.25, 0.3) is 0 Å². The monoisotopic (exact) mass is 251 g/mol. The third kappa shape index (κ3) is 3.06. The van der Waals surface area contributed by atoms with Crippen molar-refractivity contribution in [3.63, 3.8) is 0 Å². The largest absolute Gasteiger partial charge is 0.368 e. The molecule has 0 saturated heterocycles. The van der Waals surface area contributed by atoms with Crippen molar-refractivity contribution in [2.24, 2.45) is 0 Å². The van der Waals surface area contributed by atoms with Crippen LogP contribution in [0.2, 0.25) is 0 Å². The van der Waals surface area contributed by atoms with Gasteiger partial charge in [-0.2, -0.15) is 15.0 Å². The zero-order valence-electron chi connectivity index (χ0n) is 9.58. The Hall–Kier alpha value is -1.83. The molecule has 0 unspecified atom stereocenters. The molecule has 3 N–H and O–H groups in total. The number of nitrogens with one attached hydrogen (secondary N) is 1. The van der Waals surface area contributed by atoms with E-state index in [1.165, 1.54) is 11.8 Å². The van der Waals surface area contributed by atoms with Crippen LogP contribution in [0.1, 0.15) is 5.82 Å². The van der Waals surface area contributed by atoms with E-state index < -0.39 is 0 Å². The summed E-state index contributed by atoms with van der Waals surface area (Å²) in [6, 6.07) is 0. The van der Waals surface area contributed by atoms with Crippen LogP contribution in [0, 0.1) is 0 Å². The van der Waals surface area contributed by atoms with E-state index in [0.717, 1.165) is 5.16 Å². The molecule has 8 heteroatoms. The highest BCUT2D eigenvalue weighted by Gasteiger charge is 2.07. The van der Waals surface area contributed by atoms with E-state index in [2.05, 4.69) is 24.9 Å². The number of H-pyrrole nitrogens is 1. The molecule has 0 aromatic carbocycles. The van der Waals surface area contributed by atoms with Crippen molar-refractivity contribution in [1.29, 1.82) is 0 Å². The predicted molar refractivity (Wildman–Crippen MR) is 66.7 cm³/mol. The SMILES string of the molecule is CN(C)c1nc(N)nc(CSc2ncc[nH]2)n1. The first-order valence-electron chi connectivity index (χ1n) is 4.95. The summed E-state index contributed by atoms with van der Waals surface area (Å²) in [7, 11) is 3.72. The summed E-state index contributed by atoms with van der Waals surface area (Å²) < 4.78 is 0. The van der Waals surface area contributed by atoms with Crippen LogP contribution >= 0.6 is 11.8 Å². The molecule has 90 valence electrons. The number of hydrogen-bond donors (Lipinski definition) is 2. The van der Waals surface area contributed by atoms with Gasteiger partial charge in [-0.15, -0.1) is 0 Å². The van der Waals surface area contributed by atoms with E-state index in [1.807, 2.05) is 14.1 Å². The third-order valence-electron chi connectivity index (χ3n) is 1.90. The summed E-state index contributed by atoms with van der Waals surface area (Å²) in [5.41, 5.74) is 5.62. The molecule has 0 amide bonds. The fourth-order valence-electron chi connectivity index (χ4n) is 1.15. The summed E-state index contributed by atoms with van der Waals surface area (Å²) in [6.07, 6.45) is 3.48. The highest BCUT2D eigenvalue weighted by Crippen LogP contribution is 2.17. The number of nitrogens with two attached hydrogens (primary N) is 1. The van der Waals surface area contributed by atoms with Crippen molar-refractivity contribution in [2.45, 2.75) is 10.9 Å². The first-order chi connectivity index (χ1) is 8.15. The van der Waals surface area contributed by atoms with Crippen LogP contribution < -0.4 is 10.6 Å². The van der Waals surface area contributed by atoms with Gasteiger partial charge >= 0.3 is 0 Å². The Kier molecular flexibility index (Phi) is 3.43. The lowest BCUT2D eigenvalue weighted by Crippen LogP contribution is -2.15. The Morgan fingerprint density at radius 2 is 2.18 bits per heavy atom. The van der Waals surface area contributed by atoms with Gasteiger partial charge in [-0.1, -0.05) is 11.8 Å². The molecule has 17 heavy (non-hydrogen) atoms. The Balaban J connectivity index is 2.10. The quantitative estimate of drug-likeness (QED) is 0.765. The lowest BCUT2D eigenvalue weighted by molar-refractivity contribution is 0.917. The van der Waals surface area contributed by atoms with Crippen molar-refractivity contribution in [3.05, 3.63) is 18.2 Å². The summed E-state index contributed by atoms with van der Waals surface area (Å²) in [5.74, 6) is 2.04. The third-order valence-corrected chi connectivity index (χ3v) is 2.80. The van der Waals surface area contributed by atoms with Crippen LogP contribution in [0.15, 0.2) is 17.6 Å². The fraction of sp³-hybridized carbons (Fsp3) is 0.333. The van der Waals surface area contributed by atoms with Crippen LogP contribution in [-0.2, 0) is 5.75 Å². The normalized spacial score (nSPS) is 10.5. The molecule has 2 heterocycles. The molecular weight excluding hydrogens is 238 g/mol. The van der Waals surface area contributed by atoms with Crippen LogP contribution in [0.5, 0.6) is 0 Å². The van der Waals surface area contributed by atoms with Crippen LogP contribution in [0.3, 0.4) is 0 Å². The molecule has 2 rings (SSSR count). The number of aromatic amines is 1. The van der Waals surface area contributed by atoms with E-state index in [4.69, 9.17) is 5.73 Å². The molecule has 0 aliphatic carbocycles. The average molecular weight is 251 g/mol. The smallest absolute Gasteiger partial charge is 0.229 e. The van der Waals surface area contributed by atoms with Crippen molar-refractivity contribution in [2.75, 3.05) is 24.7 Å². The first kappa shape index (κ1) is 11.6. The second-order valence-electron chi connectivity index (χ2n) is 3.49. The number of aromatic nitrogens is 5. The molecule has 0 radical (unpaired) electrons. The first-order valence-corrected chi connectivity index (χ1v) is 5.93. The molecule has 0 spiro atoms. The van der Waals surface area contributed by atoms with E-state index in [1.54, 1.807) is 17.3 Å². The van der Waals surface area contributed by atoms with Crippen LogP contribution in [0.4, 0.5) is 11.9 Å². The molecule has 2 aromatic heterocycles. The second-order valence-corrected chi connectivity index (χ2v) is 4.45. The zero-order valence-corrected chi connectivity index (χ0v) is 10.4. The topological polar surface area (TPSA) is 96.6 Å². The van der Waals surface area contributed by atoms with E-state index >= 15 is 0 Å². The number of rotatable bonds is 4. The summed E-state index contributed by atoms with van der Waals surface area (Å²) >= 11 is 1.52. The van der Waals surface area contributed by atoms with Gasteiger partial charge in [0.1, 0.15) is 5.82 Å². The number of nitrogen functional groups attached to an aromatic ring is 1. The van der Waals surface area contributed by atoms with Crippen molar-refractivity contribution in [3.8, 4) is 0 Å². The van der Waals surface area contributed by atoms with Crippen LogP contribution in [0.25, 0.3) is 0 Å². The van der Waals surface area contributed by atoms with Crippen molar-refractivity contribution < 1.29 is 0 Å². The maximum absolute atomic E-state index is 5.62. The predicted octanol–water partition coefficient (Wildman–Crippen LogP) is 0.535. The maximum atomic E-state index is 5.62. The zero-order chi connectivity index (χ0) is 12.3. The molecule has 0 aliphatic heterocycles. The number of anilines is 2. The number of hydrogen-bond acceptors (Lipinski definition) is 7. The summed E-state index contributed by atoms with van der Waals surface area (Å²) in [4.78, 5) is 21.3. The Morgan fingerprint density at radius 3 is 2.82 bits per heavy atom. The Morgan fingerprint density at radius 1 is 1.35 bits per heavy atom. The highest BCUT2D eigenvalue weighted by molar-refractivity contribution is 7.98. The minimum atomic E-state index is 0.235. The Labute approximate surface area is 103 Å². The Bertz CT molecular complexity index is 482. The molecule has 0 saturated carbocycles. The number of thioether (sulfide) groups is 1. The number of nitrogens with zero attached hydrogens (tertiary/aromatic N) is 5. The van der Waals surface area contributed by atoms with Crippen LogP contribution in [-0.4, -0.2) is 39.0 Å². The lowest BCUT2D eigenvalue weighted by atomic mass is 10.6. The van der Waals surface area contributed by atoms with Gasteiger partial charge in [0.05, 0.1) is 5.75 Å².